The Kier molecular flexibility index (Phi) is 4.71. The van der Waals surface area contributed by atoms with E-state index in [-0.39, 0.29) is 0 Å². The van der Waals surface area contributed by atoms with Gasteiger partial charge in [0.05, 0.1) is 11.7 Å². The molecule has 0 aliphatic heterocycles. The summed E-state index contributed by atoms with van der Waals surface area (Å²) in [5.41, 5.74) is 3.66. The first-order valence-corrected chi connectivity index (χ1v) is 8.65. The van der Waals surface area contributed by atoms with Gasteiger partial charge in [0.2, 0.25) is 0 Å². The second-order valence-electron chi connectivity index (χ2n) is 6.15. The smallest absolute Gasteiger partial charge is 0.314 e. The number of benzene rings is 3. The second kappa shape index (κ2) is 7.63. The topological polar surface area (TPSA) is 98.9 Å². The van der Waals surface area contributed by atoms with Crippen LogP contribution in [-0.2, 0) is 9.59 Å². The number of nitrogens with zero attached hydrogens (tertiary/aromatic N) is 1. The van der Waals surface area contributed by atoms with Gasteiger partial charge in [-0.05, 0) is 54.6 Å². The van der Waals surface area contributed by atoms with E-state index in [4.69, 9.17) is 0 Å². The molecule has 4 rings (SSSR count). The van der Waals surface area contributed by atoms with Crippen molar-refractivity contribution in [3.8, 4) is 0 Å². The monoisotopic (exact) mass is 371 g/mol. The highest BCUT2D eigenvalue weighted by Crippen LogP contribution is 2.19. The fraction of sp³-hybridized carbons (Fsp3) is 0. The Balaban J connectivity index is 1.36. The van der Waals surface area contributed by atoms with Crippen LogP contribution in [0.15, 0.2) is 79.0 Å². The summed E-state index contributed by atoms with van der Waals surface area (Å²) in [4.78, 5) is 24.3. The number of carbonyl (C=O) groups is 2. The molecule has 2 amide bonds. The highest BCUT2D eigenvalue weighted by molar-refractivity contribution is 6.43. The molecule has 4 N–H and O–H groups in total. The van der Waals surface area contributed by atoms with Crippen molar-refractivity contribution < 1.29 is 9.59 Å². The van der Waals surface area contributed by atoms with Gasteiger partial charge in [-0.1, -0.05) is 18.2 Å². The van der Waals surface area contributed by atoms with Gasteiger partial charge in [0.1, 0.15) is 0 Å². The van der Waals surface area contributed by atoms with Crippen LogP contribution >= 0.6 is 0 Å². The molecule has 138 valence electrons. The van der Waals surface area contributed by atoms with Crippen LogP contribution < -0.4 is 16.0 Å². The Bertz CT molecular complexity index is 1120. The highest BCUT2D eigenvalue weighted by Gasteiger charge is 2.14. The number of nitrogens with one attached hydrogen (secondary N) is 4. The molecular weight excluding hydrogens is 354 g/mol. The van der Waals surface area contributed by atoms with E-state index in [0.717, 1.165) is 22.3 Å². The Morgan fingerprint density at radius 2 is 1.32 bits per heavy atom. The maximum absolute atomic E-state index is 12.1. The van der Waals surface area contributed by atoms with Gasteiger partial charge in [0, 0.05) is 28.1 Å². The SMILES string of the molecule is O=C(Nc1ccc(Nc2ccccc2)cc1)C(=O)Nc1ccc2cn[nH]c2c1. The molecule has 3 aromatic carbocycles. The van der Waals surface area contributed by atoms with E-state index in [1.165, 1.54) is 0 Å². The summed E-state index contributed by atoms with van der Waals surface area (Å²) in [6.45, 7) is 0. The van der Waals surface area contributed by atoms with Crippen molar-refractivity contribution in [1.29, 1.82) is 0 Å². The van der Waals surface area contributed by atoms with Crippen LogP contribution in [0.2, 0.25) is 0 Å². The van der Waals surface area contributed by atoms with E-state index >= 15 is 0 Å². The summed E-state index contributed by atoms with van der Waals surface area (Å²) in [7, 11) is 0. The molecule has 1 aromatic heterocycles. The van der Waals surface area contributed by atoms with Crippen molar-refractivity contribution in [2.24, 2.45) is 0 Å². The van der Waals surface area contributed by atoms with Gasteiger partial charge < -0.3 is 16.0 Å². The Hall–Kier alpha value is -4.13. The lowest BCUT2D eigenvalue weighted by molar-refractivity contribution is -0.132. The lowest BCUT2D eigenvalue weighted by Crippen LogP contribution is -2.29. The average molecular weight is 371 g/mol. The van der Waals surface area contributed by atoms with Crippen molar-refractivity contribution >= 4 is 45.5 Å². The quantitative estimate of drug-likeness (QED) is 0.409. The van der Waals surface area contributed by atoms with Gasteiger partial charge in [-0.2, -0.15) is 5.10 Å². The predicted octanol–water partition coefficient (Wildman–Crippen LogP) is 3.88. The van der Waals surface area contributed by atoms with Crippen molar-refractivity contribution in [3.63, 3.8) is 0 Å². The number of carbonyl (C=O) groups excluding carboxylic acids is 2. The molecule has 0 aliphatic carbocycles. The van der Waals surface area contributed by atoms with Gasteiger partial charge in [0.25, 0.3) is 0 Å². The number of para-hydroxylation sites is 1. The third-order valence-electron chi connectivity index (χ3n) is 4.11. The highest BCUT2D eigenvalue weighted by atomic mass is 16.2. The Morgan fingerprint density at radius 3 is 2.07 bits per heavy atom. The normalized spacial score (nSPS) is 10.4. The number of H-pyrrole nitrogens is 1. The number of hydrogen-bond donors (Lipinski definition) is 4. The van der Waals surface area contributed by atoms with Crippen LogP contribution in [0.1, 0.15) is 0 Å². The first-order chi connectivity index (χ1) is 13.7. The van der Waals surface area contributed by atoms with E-state index in [1.54, 1.807) is 30.5 Å². The van der Waals surface area contributed by atoms with E-state index in [1.807, 2.05) is 48.5 Å². The summed E-state index contributed by atoms with van der Waals surface area (Å²) in [6, 6.07) is 22.1. The van der Waals surface area contributed by atoms with E-state index in [2.05, 4.69) is 26.1 Å². The van der Waals surface area contributed by atoms with Crippen LogP contribution in [0, 0.1) is 0 Å². The zero-order valence-corrected chi connectivity index (χ0v) is 14.8. The Morgan fingerprint density at radius 1 is 0.714 bits per heavy atom. The van der Waals surface area contributed by atoms with Crippen molar-refractivity contribution in [1.82, 2.24) is 10.2 Å². The maximum Gasteiger partial charge on any atom is 0.314 e. The molecule has 0 spiro atoms. The van der Waals surface area contributed by atoms with E-state index in [9.17, 15) is 9.59 Å². The molecule has 0 saturated carbocycles. The fourth-order valence-corrected chi connectivity index (χ4v) is 2.72. The number of anilines is 4. The minimum atomic E-state index is -0.745. The largest absolute Gasteiger partial charge is 0.356 e. The van der Waals surface area contributed by atoms with Crippen molar-refractivity contribution in [2.45, 2.75) is 0 Å². The number of aromatic nitrogens is 2. The molecule has 0 unspecified atom stereocenters. The van der Waals surface area contributed by atoms with E-state index < -0.39 is 11.8 Å². The molecule has 0 atom stereocenters. The third-order valence-corrected chi connectivity index (χ3v) is 4.11. The first-order valence-electron chi connectivity index (χ1n) is 8.65. The predicted molar refractivity (Wildman–Crippen MR) is 110 cm³/mol. The van der Waals surface area contributed by atoms with Crippen LogP contribution in [0.3, 0.4) is 0 Å². The molecular formula is C21H17N5O2. The molecule has 28 heavy (non-hydrogen) atoms. The van der Waals surface area contributed by atoms with E-state index in [0.29, 0.717) is 11.4 Å². The molecule has 7 heteroatoms. The minimum absolute atomic E-state index is 0.513. The minimum Gasteiger partial charge on any atom is -0.356 e. The molecule has 0 bridgehead atoms. The van der Waals surface area contributed by atoms with Gasteiger partial charge in [-0.3, -0.25) is 14.7 Å². The lowest BCUT2D eigenvalue weighted by Gasteiger charge is -2.09. The lowest BCUT2D eigenvalue weighted by atomic mass is 10.2. The summed E-state index contributed by atoms with van der Waals surface area (Å²) in [6.07, 6.45) is 1.68. The third kappa shape index (κ3) is 3.99. The number of amides is 2. The first kappa shape index (κ1) is 17.3. The number of aromatic amines is 1. The van der Waals surface area contributed by atoms with Crippen LogP contribution in [0.25, 0.3) is 10.9 Å². The van der Waals surface area contributed by atoms with Crippen LogP contribution in [0.5, 0.6) is 0 Å². The van der Waals surface area contributed by atoms with Gasteiger partial charge in [-0.15, -0.1) is 0 Å². The fourth-order valence-electron chi connectivity index (χ4n) is 2.72. The maximum atomic E-state index is 12.1. The Labute approximate surface area is 160 Å². The summed E-state index contributed by atoms with van der Waals surface area (Å²) >= 11 is 0. The zero-order valence-electron chi connectivity index (χ0n) is 14.8. The number of fused-ring (bicyclic) bond motifs is 1. The summed E-state index contributed by atoms with van der Waals surface area (Å²) in [5, 5.41) is 16.1. The van der Waals surface area contributed by atoms with Crippen molar-refractivity contribution in [2.75, 3.05) is 16.0 Å². The number of hydrogen-bond acceptors (Lipinski definition) is 4. The van der Waals surface area contributed by atoms with Crippen LogP contribution in [-0.4, -0.2) is 22.0 Å². The standard InChI is InChI=1S/C21H17N5O2/c27-20(21(28)25-18-7-6-14-13-22-26-19(14)12-18)24-17-10-8-16(9-11-17)23-15-4-2-1-3-5-15/h1-13,23H,(H,22,26)(H,24,27)(H,25,28). The molecule has 0 saturated heterocycles. The molecule has 0 aliphatic rings. The molecule has 7 nitrogen and oxygen atoms in total. The van der Waals surface area contributed by atoms with Gasteiger partial charge in [0.15, 0.2) is 0 Å². The molecule has 0 radical (unpaired) electrons. The second-order valence-corrected chi connectivity index (χ2v) is 6.15. The van der Waals surface area contributed by atoms with Crippen LogP contribution in [0.4, 0.5) is 22.7 Å². The molecule has 0 fully saturated rings. The summed E-state index contributed by atoms with van der Waals surface area (Å²) in [5.74, 6) is -1.49. The van der Waals surface area contributed by atoms with Crippen molar-refractivity contribution in [3.05, 3.63) is 79.0 Å². The van der Waals surface area contributed by atoms with Gasteiger partial charge >= 0.3 is 11.8 Å². The molecule has 1 heterocycles. The average Bonchev–Trinajstić information content (AvgIpc) is 3.18. The van der Waals surface area contributed by atoms with Gasteiger partial charge in [-0.25, -0.2) is 0 Å². The number of rotatable bonds is 4. The summed E-state index contributed by atoms with van der Waals surface area (Å²) < 4.78 is 0. The zero-order chi connectivity index (χ0) is 19.3. The molecule has 4 aromatic rings.